The third-order valence-corrected chi connectivity index (χ3v) is 6.52. The summed E-state index contributed by atoms with van der Waals surface area (Å²) in [5.41, 5.74) is 0.621. The molecular formula is C21H24N4O3. The van der Waals surface area contributed by atoms with E-state index >= 15 is 0 Å². The van der Waals surface area contributed by atoms with Gasteiger partial charge in [-0.3, -0.25) is 10.1 Å². The van der Waals surface area contributed by atoms with E-state index in [0.29, 0.717) is 5.88 Å². The Labute approximate surface area is 163 Å². The summed E-state index contributed by atoms with van der Waals surface area (Å²) in [4.78, 5) is 32.9. The number of imide groups is 1. The number of nitrogens with one attached hydrogen (secondary N) is 2. The fraction of sp³-hybridized carbons (Fsp3) is 0.524. The molecule has 4 saturated carbocycles. The lowest BCUT2D eigenvalue weighted by Gasteiger charge is -2.56. The van der Waals surface area contributed by atoms with Gasteiger partial charge in [0, 0.05) is 5.54 Å². The number of amides is 3. The molecular weight excluding hydrogens is 356 g/mol. The van der Waals surface area contributed by atoms with Crippen LogP contribution in [0.15, 0.2) is 30.6 Å². The monoisotopic (exact) mass is 380 g/mol. The minimum Gasteiger partial charge on any atom is -0.467 e. The Hall–Kier alpha value is -2.70. The Bertz CT molecular complexity index is 888. The first-order valence-electron chi connectivity index (χ1n) is 10.0. The number of carbonyl (C=O) groups excluding carboxylic acids is 2. The van der Waals surface area contributed by atoms with E-state index in [1.165, 1.54) is 25.6 Å². The number of fused-ring (bicyclic) bond motifs is 1. The molecule has 0 aliphatic heterocycles. The summed E-state index contributed by atoms with van der Waals surface area (Å²) in [5, 5.41) is 6.28. The predicted molar refractivity (Wildman–Crippen MR) is 103 cm³/mol. The maximum Gasteiger partial charge on any atom is 0.321 e. The highest BCUT2D eigenvalue weighted by atomic mass is 16.5. The van der Waals surface area contributed by atoms with Crippen LogP contribution in [-0.4, -0.2) is 34.1 Å². The molecule has 4 aliphatic rings. The largest absolute Gasteiger partial charge is 0.467 e. The van der Waals surface area contributed by atoms with Crippen molar-refractivity contribution in [2.45, 2.75) is 44.1 Å². The zero-order chi connectivity index (χ0) is 19.1. The van der Waals surface area contributed by atoms with E-state index in [0.717, 1.165) is 47.9 Å². The lowest BCUT2D eigenvalue weighted by atomic mass is 9.53. The number of rotatable bonds is 4. The number of benzene rings is 1. The predicted octanol–water partition coefficient (Wildman–Crippen LogP) is 2.80. The van der Waals surface area contributed by atoms with Gasteiger partial charge in [0.15, 0.2) is 6.61 Å². The first-order valence-corrected chi connectivity index (χ1v) is 10.0. The quantitative estimate of drug-likeness (QED) is 0.851. The van der Waals surface area contributed by atoms with Gasteiger partial charge in [-0.25, -0.2) is 14.8 Å². The molecule has 2 N–H and O–H groups in total. The standard InChI is InChI=1S/C21H24N4O3/c26-18(11-28-19-16-3-1-2-4-17(16)22-12-23-19)24-20(27)25-21-8-13-5-14(9-21)7-15(6-13)10-21/h1-4,12-15H,5-11H2,(H2,24,25,26,27). The van der Waals surface area contributed by atoms with Crippen LogP contribution < -0.4 is 15.4 Å². The highest BCUT2D eigenvalue weighted by Crippen LogP contribution is 2.55. The second-order valence-electron chi connectivity index (χ2n) is 8.68. The second kappa shape index (κ2) is 6.72. The lowest BCUT2D eigenvalue weighted by molar-refractivity contribution is -0.122. The number of carbonyl (C=O) groups is 2. The molecule has 146 valence electrons. The fourth-order valence-corrected chi connectivity index (χ4v) is 5.93. The minimum absolute atomic E-state index is 0.122. The highest BCUT2D eigenvalue weighted by Gasteiger charge is 2.51. The fourth-order valence-electron chi connectivity index (χ4n) is 5.93. The minimum atomic E-state index is -0.482. The van der Waals surface area contributed by atoms with Crippen molar-refractivity contribution in [3.8, 4) is 5.88 Å². The molecule has 4 bridgehead atoms. The van der Waals surface area contributed by atoms with Gasteiger partial charge in [-0.05, 0) is 68.4 Å². The Morgan fingerprint density at radius 1 is 1.04 bits per heavy atom. The molecule has 1 heterocycles. The van der Waals surface area contributed by atoms with Crippen LogP contribution in [0.1, 0.15) is 38.5 Å². The van der Waals surface area contributed by atoms with Gasteiger partial charge in [0.1, 0.15) is 6.33 Å². The molecule has 7 nitrogen and oxygen atoms in total. The van der Waals surface area contributed by atoms with Gasteiger partial charge >= 0.3 is 6.03 Å². The molecule has 3 amide bonds. The van der Waals surface area contributed by atoms with Gasteiger partial charge < -0.3 is 10.1 Å². The van der Waals surface area contributed by atoms with Crippen molar-refractivity contribution in [1.29, 1.82) is 0 Å². The van der Waals surface area contributed by atoms with Crippen LogP contribution in [-0.2, 0) is 4.79 Å². The zero-order valence-electron chi connectivity index (χ0n) is 15.7. The number of nitrogens with zero attached hydrogens (tertiary/aromatic N) is 2. The molecule has 0 radical (unpaired) electrons. The summed E-state index contributed by atoms with van der Waals surface area (Å²) in [6.45, 7) is -0.269. The van der Waals surface area contributed by atoms with Crippen molar-refractivity contribution in [3.05, 3.63) is 30.6 Å². The van der Waals surface area contributed by atoms with Crippen molar-refractivity contribution in [1.82, 2.24) is 20.6 Å². The van der Waals surface area contributed by atoms with Crippen LogP contribution in [0.3, 0.4) is 0 Å². The summed E-state index contributed by atoms with van der Waals surface area (Å²) in [7, 11) is 0. The molecule has 7 heteroatoms. The molecule has 4 aliphatic carbocycles. The molecule has 4 fully saturated rings. The molecule has 0 unspecified atom stereocenters. The third kappa shape index (κ3) is 3.30. The van der Waals surface area contributed by atoms with Crippen LogP contribution in [0.4, 0.5) is 4.79 Å². The number of para-hydroxylation sites is 1. The molecule has 0 spiro atoms. The zero-order valence-corrected chi connectivity index (χ0v) is 15.7. The maximum absolute atomic E-state index is 12.4. The second-order valence-corrected chi connectivity index (χ2v) is 8.68. The van der Waals surface area contributed by atoms with Crippen molar-refractivity contribution >= 4 is 22.8 Å². The van der Waals surface area contributed by atoms with E-state index in [-0.39, 0.29) is 12.1 Å². The average molecular weight is 380 g/mol. The first-order chi connectivity index (χ1) is 13.6. The van der Waals surface area contributed by atoms with E-state index in [2.05, 4.69) is 20.6 Å². The SMILES string of the molecule is O=C(COc1ncnc2ccccc12)NC(=O)NC12CC3CC(CC(C3)C1)C2. The number of hydrogen-bond donors (Lipinski definition) is 2. The Kier molecular flexibility index (Phi) is 4.18. The van der Waals surface area contributed by atoms with Gasteiger partial charge in [-0.1, -0.05) is 12.1 Å². The molecule has 1 aromatic carbocycles. The van der Waals surface area contributed by atoms with Crippen molar-refractivity contribution in [3.63, 3.8) is 0 Å². The Morgan fingerprint density at radius 2 is 1.71 bits per heavy atom. The van der Waals surface area contributed by atoms with Gasteiger partial charge in [0.05, 0.1) is 10.9 Å². The molecule has 0 saturated heterocycles. The van der Waals surface area contributed by atoms with Gasteiger partial charge in [0.2, 0.25) is 5.88 Å². The van der Waals surface area contributed by atoms with E-state index in [1.807, 2.05) is 24.3 Å². The number of aromatic nitrogens is 2. The van der Waals surface area contributed by atoms with Crippen LogP contribution in [0.2, 0.25) is 0 Å². The lowest BCUT2D eigenvalue weighted by Crippen LogP contribution is -2.62. The van der Waals surface area contributed by atoms with Crippen LogP contribution in [0, 0.1) is 17.8 Å². The van der Waals surface area contributed by atoms with E-state index in [1.54, 1.807) is 0 Å². The van der Waals surface area contributed by atoms with Crippen molar-refractivity contribution < 1.29 is 14.3 Å². The Morgan fingerprint density at radius 3 is 2.43 bits per heavy atom. The topological polar surface area (TPSA) is 93.2 Å². The first kappa shape index (κ1) is 17.4. The summed E-state index contributed by atoms with van der Waals surface area (Å²) in [5.74, 6) is 2.05. The third-order valence-electron chi connectivity index (χ3n) is 6.52. The van der Waals surface area contributed by atoms with Crippen LogP contribution >= 0.6 is 0 Å². The maximum atomic E-state index is 12.4. The van der Waals surface area contributed by atoms with Crippen LogP contribution in [0.25, 0.3) is 10.9 Å². The van der Waals surface area contributed by atoms with E-state index in [4.69, 9.17) is 4.74 Å². The van der Waals surface area contributed by atoms with Gasteiger partial charge in [-0.15, -0.1) is 0 Å². The summed E-state index contributed by atoms with van der Waals surface area (Å²) in [6.07, 6.45) is 8.46. The number of urea groups is 1. The molecule has 0 atom stereocenters. The summed E-state index contributed by atoms with van der Waals surface area (Å²) < 4.78 is 5.53. The normalized spacial score (nSPS) is 30.2. The van der Waals surface area contributed by atoms with Crippen LogP contribution in [0.5, 0.6) is 5.88 Å². The number of hydrogen-bond acceptors (Lipinski definition) is 5. The van der Waals surface area contributed by atoms with Crippen molar-refractivity contribution in [2.24, 2.45) is 17.8 Å². The smallest absolute Gasteiger partial charge is 0.321 e. The average Bonchev–Trinajstić information content (AvgIpc) is 2.64. The summed E-state index contributed by atoms with van der Waals surface area (Å²) >= 11 is 0. The Balaban J connectivity index is 1.18. The summed E-state index contributed by atoms with van der Waals surface area (Å²) in [6, 6.07) is 7.01. The number of ether oxygens (including phenoxy) is 1. The van der Waals surface area contributed by atoms with E-state index in [9.17, 15) is 9.59 Å². The van der Waals surface area contributed by atoms with Crippen molar-refractivity contribution in [2.75, 3.05) is 6.61 Å². The van der Waals surface area contributed by atoms with Gasteiger partial charge in [0.25, 0.3) is 5.91 Å². The van der Waals surface area contributed by atoms with E-state index < -0.39 is 11.9 Å². The highest BCUT2D eigenvalue weighted by molar-refractivity contribution is 5.95. The molecule has 6 rings (SSSR count). The van der Waals surface area contributed by atoms with Gasteiger partial charge in [-0.2, -0.15) is 0 Å². The molecule has 28 heavy (non-hydrogen) atoms. The molecule has 1 aromatic heterocycles. The molecule has 2 aromatic rings.